The molecule has 102 valence electrons. The Kier molecular flexibility index (Phi) is 4.73. The molecule has 0 aliphatic carbocycles. The van der Waals surface area contributed by atoms with Gasteiger partial charge in [-0.25, -0.2) is 4.39 Å². The fourth-order valence-electron chi connectivity index (χ4n) is 1.51. The van der Waals surface area contributed by atoms with Crippen molar-refractivity contribution >= 4 is 28.2 Å². The molecule has 0 aliphatic heterocycles. The third-order valence-electron chi connectivity index (χ3n) is 2.30. The highest BCUT2D eigenvalue weighted by Crippen LogP contribution is 2.33. The van der Waals surface area contributed by atoms with Gasteiger partial charge in [0.2, 0.25) is 5.13 Å². The molecule has 0 saturated carbocycles. The van der Waals surface area contributed by atoms with E-state index in [4.69, 9.17) is 0 Å². The number of nitrogens with zero attached hydrogens (tertiary/aromatic N) is 3. The summed E-state index contributed by atoms with van der Waals surface area (Å²) in [6.45, 7) is 0.643. The van der Waals surface area contributed by atoms with Gasteiger partial charge in [0.25, 0.3) is 0 Å². The highest BCUT2D eigenvalue weighted by Gasteiger charge is 2.09. The van der Waals surface area contributed by atoms with E-state index in [1.54, 1.807) is 0 Å². The number of anilines is 1. The fraction of sp³-hybridized carbons (Fsp3) is 0.333. The van der Waals surface area contributed by atoms with Crippen molar-refractivity contribution in [2.75, 3.05) is 26.0 Å². The van der Waals surface area contributed by atoms with Gasteiger partial charge >= 0.3 is 0 Å². The summed E-state index contributed by atoms with van der Waals surface area (Å²) in [5, 5.41) is 12.0. The normalized spacial score (nSPS) is 10.7. The molecular formula is C12H15FN4S2. The van der Waals surface area contributed by atoms with E-state index in [2.05, 4.69) is 15.5 Å². The van der Waals surface area contributed by atoms with Crippen molar-refractivity contribution in [2.45, 2.75) is 15.8 Å². The third kappa shape index (κ3) is 3.89. The van der Waals surface area contributed by atoms with E-state index in [1.807, 2.05) is 32.1 Å². The lowest BCUT2D eigenvalue weighted by Crippen LogP contribution is -2.07. The van der Waals surface area contributed by atoms with E-state index in [-0.39, 0.29) is 5.82 Å². The van der Waals surface area contributed by atoms with Gasteiger partial charge in [0.15, 0.2) is 4.34 Å². The van der Waals surface area contributed by atoms with E-state index < -0.39 is 0 Å². The van der Waals surface area contributed by atoms with E-state index in [0.717, 1.165) is 19.9 Å². The summed E-state index contributed by atoms with van der Waals surface area (Å²) in [5.74, 6) is -0.229. The number of hydrogen-bond acceptors (Lipinski definition) is 6. The van der Waals surface area contributed by atoms with Crippen molar-refractivity contribution in [1.82, 2.24) is 15.5 Å². The zero-order chi connectivity index (χ0) is 13.8. The van der Waals surface area contributed by atoms with Gasteiger partial charge in [0.1, 0.15) is 5.82 Å². The molecule has 1 heterocycles. The lowest BCUT2D eigenvalue weighted by molar-refractivity contribution is 0.619. The highest BCUT2D eigenvalue weighted by molar-refractivity contribution is 8.01. The molecule has 0 fully saturated rings. The van der Waals surface area contributed by atoms with Crippen LogP contribution in [0.25, 0.3) is 0 Å². The molecule has 2 aromatic rings. The predicted molar refractivity (Wildman–Crippen MR) is 77.5 cm³/mol. The molecule has 1 N–H and O–H groups in total. The molecule has 0 atom stereocenters. The van der Waals surface area contributed by atoms with Crippen molar-refractivity contribution < 1.29 is 4.39 Å². The number of aromatic nitrogens is 2. The molecule has 0 saturated heterocycles. The minimum Gasteiger partial charge on any atom is -0.353 e. The zero-order valence-corrected chi connectivity index (χ0v) is 12.6. The van der Waals surface area contributed by atoms with Gasteiger partial charge in [-0.1, -0.05) is 23.1 Å². The second-order valence-electron chi connectivity index (χ2n) is 4.17. The maximum atomic E-state index is 13.5. The van der Waals surface area contributed by atoms with Crippen LogP contribution in [-0.4, -0.2) is 31.3 Å². The van der Waals surface area contributed by atoms with Crippen LogP contribution >= 0.6 is 23.1 Å². The average molecular weight is 298 g/mol. The summed E-state index contributed by atoms with van der Waals surface area (Å²) >= 11 is 2.92. The standard InChI is InChI=1S/C12H15FN4S2/c1-14-7-8-4-9(13)6-10(5-8)18-12-16-15-11(19-12)17(2)3/h4-6,14H,7H2,1-3H3. The number of hydrogen-bond donors (Lipinski definition) is 1. The molecule has 0 aliphatic rings. The van der Waals surface area contributed by atoms with Gasteiger partial charge in [-0.05, 0) is 30.8 Å². The summed E-state index contributed by atoms with van der Waals surface area (Å²) in [4.78, 5) is 2.74. The fourth-order valence-corrected chi connectivity index (χ4v) is 3.36. The second-order valence-corrected chi connectivity index (χ2v) is 6.45. The lowest BCUT2D eigenvalue weighted by Gasteiger charge is -2.04. The summed E-state index contributed by atoms with van der Waals surface area (Å²) in [6, 6.07) is 5.01. The topological polar surface area (TPSA) is 41.1 Å². The van der Waals surface area contributed by atoms with E-state index in [9.17, 15) is 4.39 Å². The van der Waals surface area contributed by atoms with Crippen LogP contribution in [0, 0.1) is 5.82 Å². The van der Waals surface area contributed by atoms with Gasteiger partial charge in [0.05, 0.1) is 0 Å². The smallest absolute Gasteiger partial charge is 0.208 e. The minimum absolute atomic E-state index is 0.229. The average Bonchev–Trinajstić information content (AvgIpc) is 2.77. The molecule has 2 rings (SSSR count). The molecule has 0 radical (unpaired) electrons. The van der Waals surface area contributed by atoms with Crippen molar-refractivity contribution in [2.24, 2.45) is 0 Å². The van der Waals surface area contributed by atoms with Crippen LogP contribution in [-0.2, 0) is 6.54 Å². The SMILES string of the molecule is CNCc1cc(F)cc(Sc2nnc(N(C)C)s2)c1. The van der Waals surface area contributed by atoms with Crippen LogP contribution in [0.4, 0.5) is 9.52 Å². The molecule has 19 heavy (non-hydrogen) atoms. The van der Waals surface area contributed by atoms with Gasteiger partial charge in [0, 0.05) is 25.5 Å². The Hall–Kier alpha value is -1.18. The van der Waals surface area contributed by atoms with Crippen LogP contribution < -0.4 is 10.2 Å². The molecule has 0 amide bonds. The Morgan fingerprint density at radius 1 is 1.32 bits per heavy atom. The monoisotopic (exact) mass is 298 g/mol. The molecule has 4 nitrogen and oxygen atoms in total. The lowest BCUT2D eigenvalue weighted by atomic mass is 10.2. The Balaban J connectivity index is 2.17. The van der Waals surface area contributed by atoms with Gasteiger partial charge in [-0.2, -0.15) is 0 Å². The first kappa shape index (κ1) is 14.2. The zero-order valence-electron chi connectivity index (χ0n) is 11.0. The largest absolute Gasteiger partial charge is 0.353 e. The molecule has 7 heteroatoms. The maximum Gasteiger partial charge on any atom is 0.208 e. The van der Waals surface area contributed by atoms with Gasteiger partial charge in [-0.3, -0.25) is 0 Å². The maximum absolute atomic E-state index is 13.5. The van der Waals surface area contributed by atoms with Crippen LogP contribution in [0.5, 0.6) is 0 Å². The summed E-state index contributed by atoms with van der Waals surface area (Å²) < 4.78 is 14.3. The number of nitrogens with one attached hydrogen (secondary N) is 1. The third-order valence-corrected chi connectivity index (χ3v) is 4.41. The number of halogens is 1. The minimum atomic E-state index is -0.229. The van der Waals surface area contributed by atoms with Crippen molar-refractivity contribution in [1.29, 1.82) is 0 Å². The quantitative estimate of drug-likeness (QED) is 0.919. The van der Waals surface area contributed by atoms with E-state index in [0.29, 0.717) is 6.54 Å². The van der Waals surface area contributed by atoms with Crippen LogP contribution in [0.3, 0.4) is 0 Å². The first-order valence-electron chi connectivity index (χ1n) is 5.71. The second kappa shape index (κ2) is 6.31. The Morgan fingerprint density at radius 3 is 2.74 bits per heavy atom. The van der Waals surface area contributed by atoms with Gasteiger partial charge < -0.3 is 10.2 Å². The number of benzene rings is 1. The Morgan fingerprint density at radius 2 is 2.11 bits per heavy atom. The van der Waals surface area contributed by atoms with Crippen molar-refractivity contribution in [3.63, 3.8) is 0 Å². The Labute approximate surface area is 120 Å². The first-order valence-corrected chi connectivity index (χ1v) is 7.34. The van der Waals surface area contributed by atoms with E-state index >= 15 is 0 Å². The van der Waals surface area contributed by atoms with Crippen LogP contribution in [0.2, 0.25) is 0 Å². The molecule has 0 unspecified atom stereocenters. The number of rotatable bonds is 5. The first-order chi connectivity index (χ1) is 9.08. The molecule has 1 aromatic carbocycles. The molecular weight excluding hydrogens is 283 g/mol. The molecule has 1 aromatic heterocycles. The van der Waals surface area contributed by atoms with Crippen molar-refractivity contribution in [3.05, 3.63) is 29.6 Å². The van der Waals surface area contributed by atoms with E-state index in [1.165, 1.54) is 35.2 Å². The predicted octanol–water partition coefficient (Wildman–Crippen LogP) is 2.61. The summed E-state index contributed by atoms with van der Waals surface area (Å²) in [5.41, 5.74) is 0.919. The van der Waals surface area contributed by atoms with Gasteiger partial charge in [-0.15, -0.1) is 10.2 Å². The Bertz CT molecular complexity index is 556. The van der Waals surface area contributed by atoms with Crippen LogP contribution in [0.1, 0.15) is 5.56 Å². The summed E-state index contributed by atoms with van der Waals surface area (Å²) in [6.07, 6.45) is 0. The van der Waals surface area contributed by atoms with Crippen molar-refractivity contribution in [3.8, 4) is 0 Å². The highest BCUT2D eigenvalue weighted by atomic mass is 32.2. The summed E-state index contributed by atoms with van der Waals surface area (Å²) in [7, 11) is 5.68. The molecule has 0 bridgehead atoms. The van der Waals surface area contributed by atoms with Crippen LogP contribution in [0.15, 0.2) is 27.4 Å². The molecule has 0 spiro atoms.